The second kappa shape index (κ2) is 7.68. The standard InChI is InChI=1S/C19H13Cl2NO4S/c20-13-2-1-3-14(21)18(13)22-19(23)17-6-11(9-27-17)8-24-12-4-5-15-16(7-12)26-10-25-15/h1-7,9H,8,10H2,(H,22,23). The molecular formula is C19H13Cl2NO4S. The van der Waals surface area contributed by atoms with Crippen molar-refractivity contribution in [2.75, 3.05) is 12.1 Å². The van der Waals surface area contributed by atoms with Crippen LogP contribution >= 0.6 is 34.5 Å². The third kappa shape index (κ3) is 3.98. The highest BCUT2D eigenvalue weighted by Crippen LogP contribution is 2.35. The summed E-state index contributed by atoms with van der Waals surface area (Å²) in [6, 6.07) is 12.2. The second-order valence-electron chi connectivity index (χ2n) is 5.67. The molecule has 0 bridgehead atoms. The molecule has 1 aliphatic heterocycles. The molecule has 0 atom stereocenters. The molecule has 0 unspecified atom stereocenters. The first kappa shape index (κ1) is 18.0. The van der Waals surface area contributed by atoms with Crippen molar-refractivity contribution in [2.24, 2.45) is 0 Å². The molecular weight excluding hydrogens is 409 g/mol. The molecule has 4 rings (SSSR count). The van der Waals surface area contributed by atoms with E-state index in [0.717, 1.165) is 5.56 Å². The Bertz CT molecular complexity index is 985. The van der Waals surface area contributed by atoms with Gasteiger partial charge in [-0.25, -0.2) is 0 Å². The molecule has 1 aromatic heterocycles. The van der Waals surface area contributed by atoms with Crippen molar-refractivity contribution in [3.8, 4) is 17.2 Å². The zero-order chi connectivity index (χ0) is 18.8. The number of para-hydroxylation sites is 1. The number of hydrogen-bond donors (Lipinski definition) is 1. The molecule has 2 aromatic carbocycles. The average Bonchev–Trinajstić information content (AvgIpc) is 3.31. The summed E-state index contributed by atoms with van der Waals surface area (Å²) in [4.78, 5) is 13.0. The number of halogens is 2. The van der Waals surface area contributed by atoms with Crippen LogP contribution in [0.15, 0.2) is 47.8 Å². The maximum atomic E-state index is 12.4. The van der Waals surface area contributed by atoms with Gasteiger partial charge in [-0.15, -0.1) is 11.3 Å². The van der Waals surface area contributed by atoms with Gasteiger partial charge in [0.2, 0.25) is 6.79 Å². The summed E-state index contributed by atoms with van der Waals surface area (Å²) in [6.45, 7) is 0.549. The van der Waals surface area contributed by atoms with Gasteiger partial charge in [-0.05, 0) is 35.7 Å². The van der Waals surface area contributed by atoms with Crippen LogP contribution in [0.2, 0.25) is 10.0 Å². The third-order valence-electron chi connectivity index (χ3n) is 3.83. The number of benzene rings is 2. The Morgan fingerprint density at radius 1 is 1.11 bits per heavy atom. The van der Waals surface area contributed by atoms with Crippen molar-refractivity contribution in [3.63, 3.8) is 0 Å². The number of nitrogens with one attached hydrogen (secondary N) is 1. The number of fused-ring (bicyclic) bond motifs is 1. The fourth-order valence-corrected chi connectivity index (χ4v) is 3.78. The van der Waals surface area contributed by atoms with Crippen molar-refractivity contribution in [2.45, 2.75) is 6.61 Å². The molecule has 0 spiro atoms. The molecule has 0 saturated carbocycles. The Morgan fingerprint density at radius 2 is 1.89 bits per heavy atom. The summed E-state index contributed by atoms with van der Waals surface area (Å²) in [5, 5.41) is 5.39. The summed E-state index contributed by atoms with van der Waals surface area (Å²) in [5.41, 5.74) is 1.28. The van der Waals surface area contributed by atoms with Gasteiger partial charge in [-0.3, -0.25) is 4.79 Å². The smallest absolute Gasteiger partial charge is 0.265 e. The van der Waals surface area contributed by atoms with E-state index in [4.69, 9.17) is 37.4 Å². The second-order valence-corrected chi connectivity index (χ2v) is 7.40. The molecule has 1 aliphatic rings. The molecule has 3 aromatic rings. The number of carbonyl (C=O) groups excluding carboxylic acids is 1. The SMILES string of the molecule is O=C(Nc1c(Cl)cccc1Cl)c1cc(COc2ccc3c(c2)OCO3)cs1. The van der Waals surface area contributed by atoms with Crippen molar-refractivity contribution >= 4 is 46.1 Å². The molecule has 5 nitrogen and oxygen atoms in total. The summed E-state index contributed by atoms with van der Waals surface area (Å²) in [6.07, 6.45) is 0. The van der Waals surface area contributed by atoms with Crippen molar-refractivity contribution < 1.29 is 19.0 Å². The summed E-state index contributed by atoms with van der Waals surface area (Å²) >= 11 is 13.5. The van der Waals surface area contributed by atoms with Crippen LogP contribution in [0.5, 0.6) is 17.2 Å². The van der Waals surface area contributed by atoms with Gasteiger partial charge in [0.25, 0.3) is 5.91 Å². The average molecular weight is 422 g/mol. The highest BCUT2D eigenvalue weighted by atomic mass is 35.5. The van der Waals surface area contributed by atoms with E-state index >= 15 is 0 Å². The molecule has 2 heterocycles. The number of amides is 1. The van der Waals surface area contributed by atoms with E-state index in [1.807, 2.05) is 11.4 Å². The van der Waals surface area contributed by atoms with Crippen LogP contribution in [0, 0.1) is 0 Å². The minimum absolute atomic E-state index is 0.219. The van der Waals surface area contributed by atoms with Crippen LogP contribution in [0.4, 0.5) is 5.69 Å². The predicted molar refractivity (Wildman–Crippen MR) is 106 cm³/mol. The summed E-state index contributed by atoms with van der Waals surface area (Å²) in [5.74, 6) is 1.76. The Hall–Kier alpha value is -2.41. The number of thiophene rings is 1. The van der Waals surface area contributed by atoms with Gasteiger partial charge in [0.1, 0.15) is 12.4 Å². The summed E-state index contributed by atoms with van der Waals surface area (Å²) < 4.78 is 16.4. The Labute approximate surface area is 169 Å². The zero-order valence-electron chi connectivity index (χ0n) is 13.8. The molecule has 0 fully saturated rings. The maximum Gasteiger partial charge on any atom is 0.265 e. The molecule has 27 heavy (non-hydrogen) atoms. The Morgan fingerprint density at radius 3 is 2.70 bits per heavy atom. The maximum absolute atomic E-state index is 12.4. The number of carbonyl (C=O) groups is 1. The minimum atomic E-state index is -0.274. The van der Waals surface area contributed by atoms with Crippen molar-refractivity contribution in [1.29, 1.82) is 0 Å². The molecule has 0 saturated heterocycles. The minimum Gasteiger partial charge on any atom is -0.489 e. The molecule has 8 heteroatoms. The van der Waals surface area contributed by atoms with Gasteiger partial charge in [-0.1, -0.05) is 29.3 Å². The van der Waals surface area contributed by atoms with Crippen LogP contribution in [0.1, 0.15) is 15.2 Å². The van der Waals surface area contributed by atoms with Crippen LogP contribution in [0.3, 0.4) is 0 Å². The van der Waals surface area contributed by atoms with Crippen LogP contribution in [-0.4, -0.2) is 12.7 Å². The predicted octanol–water partition coefficient (Wildman–Crippen LogP) is 5.61. The first-order chi connectivity index (χ1) is 13.1. The van der Waals surface area contributed by atoms with Gasteiger partial charge in [-0.2, -0.15) is 0 Å². The summed E-state index contributed by atoms with van der Waals surface area (Å²) in [7, 11) is 0. The monoisotopic (exact) mass is 421 g/mol. The van der Waals surface area contributed by atoms with E-state index in [2.05, 4.69) is 5.32 Å². The van der Waals surface area contributed by atoms with Gasteiger partial charge < -0.3 is 19.5 Å². The van der Waals surface area contributed by atoms with Crippen molar-refractivity contribution in [3.05, 3.63) is 68.3 Å². The first-order valence-corrected chi connectivity index (χ1v) is 9.59. The van der Waals surface area contributed by atoms with Crippen LogP contribution < -0.4 is 19.5 Å². The highest BCUT2D eigenvalue weighted by Gasteiger charge is 2.15. The first-order valence-electron chi connectivity index (χ1n) is 7.95. The van der Waals surface area contributed by atoms with E-state index in [1.54, 1.807) is 36.4 Å². The third-order valence-corrected chi connectivity index (χ3v) is 5.44. The van der Waals surface area contributed by atoms with Gasteiger partial charge in [0, 0.05) is 11.6 Å². The van der Waals surface area contributed by atoms with Crippen LogP contribution in [-0.2, 0) is 6.61 Å². The lowest BCUT2D eigenvalue weighted by Gasteiger charge is -2.08. The lowest BCUT2D eigenvalue weighted by Crippen LogP contribution is -2.11. The Balaban J connectivity index is 1.40. The topological polar surface area (TPSA) is 56.8 Å². The Kier molecular flexibility index (Phi) is 5.11. The fraction of sp³-hybridized carbons (Fsp3) is 0.105. The van der Waals surface area contributed by atoms with Gasteiger partial charge in [0.15, 0.2) is 11.5 Å². The fourth-order valence-electron chi connectivity index (χ4n) is 2.50. The van der Waals surface area contributed by atoms with Crippen LogP contribution in [0.25, 0.3) is 0 Å². The van der Waals surface area contributed by atoms with E-state index in [-0.39, 0.29) is 12.7 Å². The number of ether oxygens (including phenoxy) is 3. The normalized spacial score (nSPS) is 12.1. The van der Waals surface area contributed by atoms with Gasteiger partial charge >= 0.3 is 0 Å². The largest absolute Gasteiger partial charge is 0.489 e. The van der Waals surface area contributed by atoms with E-state index in [1.165, 1.54) is 11.3 Å². The number of anilines is 1. The molecule has 1 amide bonds. The lowest BCUT2D eigenvalue weighted by molar-refractivity contribution is 0.103. The molecule has 138 valence electrons. The van der Waals surface area contributed by atoms with Crippen molar-refractivity contribution in [1.82, 2.24) is 0 Å². The number of hydrogen-bond acceptors (Lipinski definition) is 5. The molecule has 1 N–H and O–H groups in total. The van der Waals surface area contributed by atoms with E-state index in [0.29, 0.717) is 44.5 Å². The van der Waals surface area contributed by atoms with E-state index < -0.39 is 0 Å². The zero-order valence-corrected chi connectivity index (χ0v) is 16.2. The quantitative estimate of drug-likeness (QED) is 0.580. The van der Waals surface area contributed by atoms with E-state index in [9.17, 15) is 4.79 Å². The molecule has 0 aliphatic carbocycles. The highest BCUT2D eigenvalue weighted by molar-refractivity contribution is 7.12. The lowest BCUT2D eigenvalue weighted by atomic mass is 10.3. The number of rotatable bonds is 5. The van der Waals surface area contributed by atoms with Gasteiger partial charge in [0.05, 0.1) is 20.6 Å². The molecule has 0 radical (unpaired) electrons.